The van der Waals surface area contributed by atoms with Gasteiger partial charge in [0.15, 0.2) is 6.10 Å². The Labute approximate surface area is 196 Å². The van der Waals surface area contributed by atoms with Crippen LogP contribution in [0.15, 0.2) is 23.5 Å². The van der Waals surface area contributed by atoms with Crippen LogP contribution in [-0.2, 0) is 21.8 Å². The second-order valence-corrected chi connectivity index (χ2v) is 10.5. The van der Waals surface area contributed by atoms with Crippen molar-refractivity contribution in [3.63, 3.8) is 0 Å². The van der Waals surface area contributed by atoms with Gasteiger partial charge in [0.05, 0.1) is 25.0 Å². The van der Waals surface area contributed by atoms with Gasteiger partial charge in [0.1, 0.15) is 28.3 Å². The molecular formula is C20H26FN7O5S. The van der Waals surface area contributed by atoms with Crippen molar-refractivity contribution in [1.82, 2.24) is 24.1 Å². The van der Waals surface area contributed by atoms with E-state index >= 15 is 0 Å². The summed E-state index contributed by atoms with van der Waals surface area (Å²) < 4.78 is 54.1. The Kier molecular flexibility index (Phi) is 6.72. The predicted molar refractivity (Wildman–Crippen MR) is 116 cm³/mol. The SMILES string of the molecule is Cn1cc(S(=O)(=O)N2CC[C@H](Nc3ncc(C#N)c(O[C@H]4COCC[C@@]4(C)O)n3)[C@H](F)C2)cn1. The molecule has 4 rings (SSSR count). The van der Waals surface area contributed by atoms with Crippen molar-refractivity contribution in [2.45, 2.75) is 48.6 Å². The van der Waals surface area contributed by atoms with E-state index in [0.29, 0.717) is 13.0 Å². The summed E-state index contributed by atoms with van der Waals surface area (Å²) in [6, 6.07) is 1.19. The average molecular weight is 496 g/mol. The monoisotopic (exact) mass is 495 g/mol. The summed E-state index contributed by atoms with van der Waals surface area (Å²) >= 11 is 0. The number of piperidine rings is 1. The number of anilines is 1. The fraction of sp³-hybridized carbons (Fsp3) is 0.600. The molecule has 0 aliphatic carbocycles. The molecule has 34 heavy (non-hydrogen) atoms. The molecule has 0 amide bonds. The van der Waals surface area contributed by atoms with Crippen LogP contribution in [-0.4, -0.2) is 87.8 Å². The zero-order chi connectivity index (χ0) is 24.5. The molecular weight excluding hydrogens is 469 g/mol. The van der Waals surface area contributed by atoms with Crippen molar-refractivity contribution in [3.8, 4) is 11.9 Å². The minimum Gasteiger partial charge on any atom is -0.468 e. The molecule has 0 aromatic carbocycles. The van der Waals surface area contributed by atoms with Gasteiger partial charge in [-0.3, -0.25) is 4.68 Å². The van der Waals surface area contributed by atoms with E-state index in [4.69, 9.17) is 9.47 Å². The van der Waals surface area contributed by atoms with E-state index in [2.05, 4.69) is 20.4 Å². The molecule has 4 atom stereocenters. The van der Waals surface area contributed by atoms with Gasteiger partial charge in [-0.1, -0.05) is 0 Å². The van der Waals surface area contributed by atoms with Gasteiger partial charge in [0.2, 0.25) is 21.9 Å². The maximum absolute atomic E-state index is 15.0. The Morgan fingerprint density at radius 2 is 2.24 bits per heavy atom. The number of aromatic nitrogens is 4. The first-order valence-electron chi connectivity index (χ1n) is 10.7. The third-order valence-electron chi connectivity index (χ3n) is 5.98. The molecule has 0 unspecified atom stereocenters. The van der Waals surface area contributed by atoms with Crippen molar-refractivity contribution in [3.05, 3.63) is 24.2 Å². The molecule has 2 fully saturated rings. The van der Waals surface area contributed by atoms with Gasteiger partial charge in [0.25, 0.3) is 0 Å². The second-order valence-electron chi connectivity index (χ2n) is 8.58. The van der Waals surface area contributed by atoms with Crippen molar-refractivity contribution in [1.29, 1.82) is 5.26 Å². The van der Waals surface area contributed by atoms with Crippen molar-refractivity contribution in [2.24, 2.45) is 7.05 Å². The van der Waals surface area contributed by atoms with E-state index in [0.717, 1.165) is 4.31 Å². The lowest BCUT2D eigenvalue weighted by atomic mass is 9.94. The van der Waals surface area contributed by atoms with Crippen LogP contribution >= 0.6 is 0 Å². The van der Waals surface area contributed by atoms with Gasteiger partial charge in [-0.2, -0.15) is 19.6 Å². The van der Waals surface area contributed by atoms with E-state index in [1.165, 1.54) is 23.3 Å². The highest BCUT2D eigenvalue weighted by Crippen LogP contribution is 2.28. The Morgan fingerprint density at radius 1 is 1.44 bits per heavy atom. The van der Waals surface area contributed by atoms with Crippen LogP contribution in [0.5, 0.6) is 5.88 Å². The number of nitriles is 1. The van der Waals surface area contributed by atoms with Crippen LogP contribution in [0.1, 0.15) is 25.3 Å². The molecule has 2 aliphatic rings. The zero-order valence-electron chi connectivity index (χ0n) is 18.8. The van der Waals surface area contributed by atoms with Gasteiger partial charge in [-0.05, 0) is 13.3 Å². The lowest BCUT2D eigenvalue weighted by molar-refractivity contribution is -0.132. The number of rotatable bonds is 6. The molecule has 2 aromatic heterocycles. The van der Waals surface area contributed by atoms with Crippen LogP contribution in [0.4, 0.5) is 10.3 Å². The molecule has 2 saturated heterocycles. The molecule has 2 aromatic rings. The summed E-state index contributed by atoms with van der Waals surface area (Å²) in [5.74, 6) is -0.0237. The van der Waals surface area contributed by atoms with E-state index in [-0.39, 0.29) is 48.4 Å². The smallest absolute Gasteiger partial charge is 0.246 e. The van der Waals surface area contributed by atoms with E-state index in [1.807, 2.05) is 6.07 Å². The van der Waals surface area contributed by atoms with Crippen LogP contribution in [0.25, 0.3) is 0 Å². The number of halogens is 1. The molecule has 0 bridgehead atoms. The fourth-order valence-corrected chi connectivity index (χ4v) is 5.26. The molecule has 12 nitrogen and oxygen atoms in total. The topological polar surface area (TPSA) is 155 Å². The first-order valence-corrected chi connectivity index (χ1v) is 12.2. The van der Waals surface area contributed by atoms with Crippen molar-refractivity contribution < 1.29 is 27.4 Å². The first-order chi connectivity index (χ1) is 16.1. The number of ether oxygens (including phenoxy) is 2. The summed E-state index contributed by atoms with van der Waals surface area (Å²) in [5, 5.41) is 26.7. The number of aliphatic hydroxyl groups is 1. The molecule has 4 heterocycles. The van der Waals surface area contributed by atoms with Crippen LogP contribution in [0.3, 0.4) is 0 Å². The number of hydrogen-bond acceptors (Lipinski definition) is 10. The average Bonchev–Trinajstić information content (AvgIpc) is 3.24. The largest absolute Gasteiger partial charge is 0.468 e. The van der Waals surface area contributed by atoms with Gasteiger partial charge in [-0.15, -0.1) is 0 Å². The molecule has 14 heteroatoms. The minimum absolute atomic E-state index is 0.00778. The highest BCUT2D eigenvalue weighted by atomic mass is 32.2. The minimum atomic E-state index is -3.85. The number of sulfonamides is 1. The number of nitrogens with one attached hydrogen (secondary N) is 1. The lowest BCUT2D eigenvalue weighted by Gasteiger charge is -2.36. The Hall–Kier alpha value is -2.86. The maximum Gasteiger partial charge on any atom is 0.246 e. The summed E-state index contributed by atoms with van der Waals surface area (Å²) in [7, 11) is -2.25. The number of alkyl halides is 1. The molecule has 0 saturated carbocycles. The van der Waals surface area contributed by atoms with Gasteiger partial charge >= 0.3 is 0 Å². The maximum atomic E-state index is 15.0. The normalized spacial score (nSPS) is 28.3. The number of aryl methyl sites for hydroxylation is 1. The third-order valence-corrected chi connectivity index (χ3v) is 7.80. The highest BCUT2D eigenvalue weighted by molar-refractivity contribution is 7.89. The van der Waals surface area contributed by atoms with Crippen molar-refractivity contribution >= 4 is 16.0 Å². The molecule has 0 spiro atoms. The lowest BCUT2D eigenvalue weighted by Crippen LogP contribution is -2.50. The predicted octanol–water partition coefficient (Wildman–Crippen LogP) is 0.214. The van der Waals surface area contributed by atoms with Crippen LogP contribution in [0, 0.1) is 11.3 Å². The Bertz CT molecular complexity index is 1180. The molecule has 2 aliphatic heterocycles. The Balaban J connectivity index is 1.45. The summed E-state index contributed by atoms with van der Waals surface area (Å²) in [4.78, 5) is 8.27. The second kappa shape index (κ2) is 9.41. The van der Waals surface area contributed by atoms with Gasteiger partial charge in [0, 0.05) is 39.4 Å². The van der Waals surface area contributed by atoms with Gasteiger partial charge in [-0.25, -0.2) is 17.8 Å². The molecule has 0 radical (unpaired) electrons. The number of nitrogens with zero attached hydrogens (tertiary/aromatic N) is 6. The van der Waals surface area contributed by atoms with E-state index in [1.54, 1.807) is 14.0 Å². The summed E-state index contributed by atoms with van der Waals surface area (Å²) in [6.07, 6.45) is 2.10. The van der Waals surface area contributed by atoms with Crippen molar-refractivity contribution in [2.75, 3.05) is 31.6 Å². The Morgan fingerprint density at radius 3 is 2.88 bits per heavy atom. The standard InChI is InChI=1S/C20H26FN7O5S/c1-20(29)4-6-32-12-17(20)33-18-13(7-22)8-23-19(26-18)25-16-3-5-28(11-15(16)21)34(30,31)14-9-24-27(2)10-14/h8-10,15-17,29H,3-6,11-12H2,1-2H3,(H,23,25,26)/t15-,16+,17+,20-/m1/s1. The highest BCUT2D eigenvalue weighted by Gasteiger charge is 2.39. The summed E-state index contributed by atoms with van der Waals surface area (Å²) in [5.41, 5.74) is -1.11. The zero-order valence-corrected chi connectivity index (χ0v) is 19.6. The van der Waals surface area contributed by atoms with E-state index in [9.17, 15) is 23.2 Å². The molecule has 184 valence electrons. The van der Waals surface area contributed by atoms with Crippen LogP contribution < -0.4 is 10.1 Å². The van der Waals surface area contributed by atoms with Crippen LogP contribution in [0.2, 0.25) is 0 Å². The molecule has 2 N–H and O–H groups in total. The third kappa shape index (κ3) is 4.97. The quantitative estimate of drug-likeness (QED) is 0.568. The van der Waals surface area contributed by atoms with E-state index < -0.39 is 33.9 Å². The number of hydrogen-bond donors (Lipinski definition) is 2. The summed E-state index contributed by atoms with van der Waals surface area (Å²) in [6.45, 7) is 1.89. The fourth-order valence-electron chi connectivity index (χ4n) is 3.81. The van der Waals surface area contributed by atoms with Gasteiger partial charge < -0.3 is 19.9 Å². The first kappa shape index (κ1) is 24.3.